The average Bonchev–Trinajstić information content (AvgIpc) is 2.63. The smallest absolute Gasteiger partial charge is 0.264 e. The topological polar surface area (TPSA) is 125 Å². The molecule has 2 rings (SSSR count). The first-order valence-electron chi connectivity index (χ1n) is 9.02. The zero-order valence-electron chi connectivity index (χ0n) is 16.7. The van der Waals surface area contributed by atoms with Crippen molar-refractivity contribution in [3.63, 3.8) is 0 Å². The molecule has 0 saturated carbocycles. The van der Waals surface area contributed by atoms with E-state index in [0.29, 0.717) is 5.75 Å². The summed E-state index contributed by atoms with van der Waals surface area (Å²) < 4.78 is 38.6. The van der Waals surface area contributed by atoms with Gasteiger partial charge in [-0.1, -0.05) is 11.8 Å². The van der Waals surface area contributed by atoms with E-state index in [1.807, 2.05) is 0 Å². The van der Waals surface area contributed by atoms with Crippen LogP contribution in [0.3, 0.4) is 0 Å². The summed E-state index contributed by atoms with van der Waals surface area (Å²) in [6.07, 6.45) is -1.20. The first-order chi connectivity index (χ1) is 13.5. The highest BCUT2D eigenvalue weighted by molar-refractivity contribution is 7.89. The Morgan fingerprint density at radius 1 is 1.41 bits per heavy atom. The van der Waals surface area contributed by atoms with Gasteiger partial charge in [0.15, 0.2) is 0 Å². The summed E-state index contributed by atoms with van der Waals surface area (Å²) in [5.74, 6) is 4.71. The molecule has 1 amide bonds. The van der Waals surface area contributed by atoms with Crippen LogP contribution in [-0.2, 0) is 19.6 Å². The molecular formula is C19H26N2O7S. The van der Waals surface area contributed by atoms with Gasteiger partial charge in [-0.3, -0.25) is 10.0 Å². The minimum absolute atomic E-state index is 0.0273. The molecule has 29 heavy (non-hydrogen) atoms. The van der Waals surface area contributed by atoms with E-state index in [9.17, 15) is 13.2 Å². The molecule has 3 unspecified atom stereocenters. The van der Waals surface area contributed by atoms with Crippen LogP contribution in [0.25, 0.3) is 0 Å². The number of aliphatic hydroxyl groups is 1. The Bertz CT molecular complexity index is 885. The van der Waals surface area contributed by atoms with E-state index in [4.69, 9.17) is 19.8 Å². The van der Waals surface area contributed by atoms with E-state index in [0.717, 1.165) is 4.31 Å². The molecule has 3 atom stereocenters. The number of nitrogens with one attached hydrogen (secondary N) is 1. The number of carbonyl (C=O) groups is 1. The number of hydroxylamine groups is 1. The van der Waals surface area contributed by atoms with Crippen LogP contribution in [0.4, 0.5) is 0 Å². The summed E-state index contributed by atoms with van der Waals surface area (Å²) in [7, 11) is -4.06. The third kappa shape index (κ3) is 5.46. The number of ether oxygens (including phenoxy) is 2. The van der Waals surface area contributed by atoms with Gasteiger partial charge in [0.05, 0.1) is 16.6 Å². The van der Waals surface area contributed by atoms with Crippen molar-refractivity contribution in [1.82, 2.24) is 9.79 Å². The Morgan fingerprint density at radius 2 is 2.03 bits per heavy atom. The predicted molar refractivity (Wildman–Crippen MR) is 104 cm³/mol. The van der Waals surface area contributed by atoms with Crippen LogP contribution in [0.1, 0.15) is 27.7 Å². The van der Waals surface area contributed by atoms with Gasteiger partial charge in [-0.25, -0.2) is 13.9 Å². The first-order valence-corrected chi connectivity index (χ1v) is 10.5. The lowest BCUT2D eigenvalue weighted by atomic mass is 9.95. The molecule has 0 aliphatic carbocycles. The molecule has 0 bridgehead atoms. The Kier molecular flexibility index (Phi) is 7.26. The molecular weight excluding hydrogens is 400 g/mol. The van der Waals surface area contributed by atoms with E-state index < -0.39 is 39.8 Å². The minimum Gasteiger partial charge on any atom is -0.481 e. The Labute approximate surface area is 170 Å². The number of rotatable bonds is 5. The fourth-order valence-corrected chi connectivity index (χ4v) is 5.01. The van der Waals surface area contributed by atoms with Gasteiger partial charge in [-0.15, -0.1) is 0 Å². The zero-order chi connectivity index (χ0) is 21.8. The van der Waals surface area contributed by atoms with Crippen LogP contribution in [0, 0.1) is 11.8 Å². The van der Waals surface area contributed by atoms with Gasteiger partial charge >= 0.3 is 0 Å². The molecule has 0 spiro atoms. The van der Waals surface area contributed by atoms with E-state index >= 15 is 0 Å². The molecule has 10 heteroatoms. The molecule has 1 aliphatic rings. The van der Waals surface area contributed by atoms with Gasteiger partial charge in [0.1, 0.15) is 24.5 Å². The number of nitrogens with zero attached hydrogens (tertiary/aromatic N) is 1. The van der Waals surface area contributed by atoms with Crippen molar-refractivity contribution in [2.45, 2.75) is 56.4 Å². The summed E-state index contributed by atoms with van der Waals surface area (Å²) in [6, 6.07) is 4.45. The molecule has 160 valence electrons. The van der Waals surface area contributed by atoms with Crippen LogP contribution in [0.2, 0.25) is 0 Å². The van der Waals surface area contributed by atoms with E-state index in [2.05, 4.69) is 11.8 Å². The lowest BCUT2D eigenvalue weighted by molar-refractivity contribution is -0.167. The minimum atomic E-state index is -4.06. The second kappa shape index (κ2) is 9.11. The molecule has 9 nitrogen and oxygen atoms in total. The monoisotopic (exact) mass is 426 g/mol. The summed E-state index contributed by atoms with van der Waals surface area (Å²) in [6.45, 7) is 6.43. The molecule has 1 aromatic carbocycles. The van der Waals surface area contributed by atoms with Gasteiger partial charge < -0.3 is 14.6 Å². The van der Waals surface area contributed by atoms with Crippen molar-refractivity contribution in [1.29, 1.82) is 0 Å². The molecule has 0 aromatic heterocycles. The van der Waals surface area contributed by atoms with Crippen molar-refractivity contribution in [2.24, 2.45) is 0 Å². The standard InChI is InChI=1S/C19H26N2O7S/c1-13(22)6-5-11-27-15-7-9-16(10-8-15)29(25,26)21-12-14(2)28-19(3,4)17(21)18(23)20-24/h7-10,13-14,17,22,24H,11-12H2,1-4H3,(H,20,23). The number of morpholine rings is 1. The van der Waals surface area contributed by atoms with Gasteiger partial charge in [-0.05, 0) is 52.0 Å². The highest BCUT2D eigenvalue weighted by Gasteiger charge is 2.50. The number of hydrogen-bond acceptors (Lipinski definition) is 7. The summed E-state index contributed by atoms with van der Waals surface area (Å²) in [5, 5.41) is 18.2. The fraction of sp³-hybridized carbons (Fsp3) is 0.526. The number of carbonyl (C=O) groups excluding carboxylic acids is 1. The summed E-state index contributed by atoms with van der Waals surface area (Å²) in [5.41, 5.74) is 0.379. The Hall–Kier alpha value is -2.16. The number of aliphatic hydroxyl groups excluding tert-OH is 1. The second-order valence-electron chi connectivity index (χ2n) is 7.24. The molecule has 0 radical (unpaired) electrons. The molecule has 1 fully saturated rings. The number of amides is 1. The number of hydrogen-bond donors (Lipinski definition) is 3. The molecule has 1 heterocycles. The van der Waals surface area contributed by atoms with Crippen molar-refractivity contribution in [3.8, 4) is 17.6 Å². The van der Waals surface area contributed by atoms with Gasteiger partial charge in [0, 0.05) is 6.54 Å². The van der Waals surface area contributed by atoms with Crippen molar-refractivity contribution >= 4 is 15.9 Å². The van der Waals surface area contributed by atoms with Gasteiger partial charge in [-0.2, -0.15) is 4.31 Å². The van der Waals surface area contributed by atoms with Crippen LogP contribution in [0.15, 0.2) is 29.2 Å². The number of benzene rings is 1. The van der Waals surface area contributed by atoms with E-state index in [-0.39, 0.29) is 18.0 Å². The average molecular weight is 426 g/mol. The summed E-state index contributed by atoms with van der Waals surface area (Å²) in [4.78, 5) is 12.2. The molecule has 1 aliphatic heterocycles. The number of sulfonamides is 1. The van der Waals surface area contributed by atoms with Crippen LogP contribution >= 0.6 is 0 Å². The van der Waals surface area contributed by atoms with Crippen molar-refractivity contribution < 1.29 is 33.0 Å². The highest BCUT2D eigenvalue weighted by Crippen LogP contribution is 2.33. The van der Waals surface area contributed by atoms with Crippen LogP contribution < -0.4 is 10.2 Å². The Balaban J connectivity index is 2.28. The van der Waals surface area contributed by atoms with Crippen molar-refractivity contribution in [3.05, 3.63) is 24.3 Å². The van der Waals surface area contributed by atoms with E-state index in [1.165, 1.54) is 36.7 Å². The SMILES string of the molecule is CC(O)C#CCOc1ccc(S(=O)(=O)N2CC(C)OC(C)(C)C2C(=O)NO)cc1. The Morgan fingerprint density at radius 3 is 2.59 bits per heavy atom. The van der Waals surface area contributed by atoms with Crippen LogP contribution in [0.5, 0.6) is 5.75 Å². The van der Waals surface area contributed by atoms with Gasteiger partial charge in [0.2, 0.25) is 10.0 Å². The summed E-state index contributed by atoms with van der Waals surface area (Å²) >= 11 is 0. The zero-order valence-corrected chi connectivity index (χ0v) is 17.6. The third-order valence-electron chi connectivity index (χ3n) is 4.30. The van der Waals surface area contributed by atoms with Crippen molar-refractivity contribution in [2.75, 3.05) is 13.2 Å². The normalized spacial score (nSPS) is 22.8. The first kappa shape index (κ1) is 23.1. The predicted octanol–water partition coefficient (Wildman–Crippen LogP) is 0.512. The second-order valence-corrected chi connectivity index (χ2v) is 9.13. The maximum atomic E-state index is 13.2. The lowest BCUT2D eigenvalue weighted by Crippen LogP contribution is -2.65. The largest absolute Gasteiger partial charge is 0.481 e. The lowest BCUT2D eigenvalue weighted by Gasteiger charge is -2.46. The van der Waals surface area contributed by atoms with E-state index in [1.54, 1.807) is 20.8 Å². The fourth-order valence-electron chi connectivity index (χ4n) is 3.22. The molecule has 1 aromatic rings. The maximum Gasteiger partial charge on any atom is 0.264 e. The third-order valence-corrected chi connectivity index (χ3v) is 6.14. The van der Waals surface area contributed by atoms with Crippen LogP contribution in [-0.4, -0.2) is 65.9 Å². The quantitative estimate of drug-likeness (QED) is 0.356. The highest BCUT2D eigenvalue weighted by atomic mass is 32.2. The maximum absolute atomic E-state index is 13.2. The van der Waals surface area contributed by atoms with Gasteiger partial charge in [0.25, 0.3) is 5.91 Å². The molecule has 3 N–H and O–H groups in total. The molecule has 1 saturated heterocycles.